The molecule has 0 amide bonds. The number of fused-ring (bicyclic) bond motifs is 8. The minimum absolute atomic E-state index is 0.519. The molecule has 0 N–H and O–H groups in total. The summed E-state index contributed by atoms with van der Waals surface area (Å²) < 4.78 is 2.66. The summed E-state index contributed by atoms with van der Waals surface area (Å²) in [7, 11) is 0. The largest absolute Gasteiger partial charge is 0.135 e. The number of benzene rings is 8. The van der Waals surface area contributed by atoms with E-state index in [0.29, 0.717) is 0 Å². The van der Waals surface area contributed by atoms with Crippen LogP contribution in [-0.4, -0.2) is 0 Å². The molecule has 0 atom stereocenters. The molecule has 8 aromatic carbocycles. The van der Waals surface area contributed by atoms with Crippen molar-refractivity contribution in [2.24, 2.45) is 0 Å². The molecule has 0 fully saturated rings. The molecule has 0 bridgehead atoms. The van der Waals surface area contributed by atoms with Gasteiger partial charge in [0.1, 0.15) is 0 Å². The van der Waals surface area contributed by atoms with E-state index in [9.17, 15) is 0 Å². The van der Waals surface area contributed by atoms with Gasteiger partial charge in [-0.25, -0.2) is 0 Å². The summed E-state index contributed by atoms with van der Waals surface area (Å²) in [6.45, 7) is 0. The van der Waals surface area contributed by atoms with E-state index >= 15 is 0 Å². The Morgan fingerprint density at radius 1 is 0.375 bits per heavy atom. The van der Waals surface area contributed by atoms with Gasteiger partial charge in [-0.3, -0.25) is 0 Å². The summed E-state index contributed by atoms with van der Waals surface area (Å²) in [5.74, 6) is 0. The second kappa shape index (κ2) is 10.6. The third-order valence-corrected chi connectivity index (χ3v) is 11.5. The van der Waals surface area contributed by atoms with Gasteiger partial charge in [-0.2, -0.15) is 0 Å². The van der Waals surface area contributed by atoms with Crippen molar-refractivity contribution in [3.8, 4) is 33.4 Å². The maximum absolute atomic E-state index is 2.47. The molecule has 0 radical (unpaired) electrons. The maximum atomic E-state index is 2.47. The summed E-state index contributed by atoms with van der Waals surface area (Å²) in [5, 5.41) is 5.21. The van der Waals surface area contributed by atoms with E-state index in [0.717, 1.165) is 0 Å². The Bertz CT molecular complexity index is 2610. The van der Waals surface area contributed by atoms with Crippen molar-refractivity contribution < 1.29 is 0 Å². The maximum Gasteiger partial charge on any atom is 0.0720 e. The topological polar surface area (TPSA) is 0 Å². The molecule has 0 nitrogen and oxygen atoms in total. The van der Waals surface area contributed by atoms with Crippen molar-refractivity contribution in [3.63, 3.8) is 0 Å². The molecule has 1 heteroatoms. The van der Waals surface area contributed by atoms with Crippen LogP contribution in [0.25, 0.3) is 64.3 Å². The van der Waals surface area contributed by atoms with E-state index in [1.54, 1.807) is 0 Å². The molecule has 48 heavy (non-hydrogen) atoms. The second-order valence-corrected chi connectivity index (χ2v) is 13.9. The molecule has 1 aliphatic carbocycles. The van der Waals surface area contributed by atoms with Gasteiger partial charge in [0.15, 0.2) is 0 Å². The van der Waals surface area contributed by atoms with Gasteiger partial charge >= 0.3 is 0 Å². The minimum Gasteiger partial charge on any atom is -0.135 e. The van der Waals surface area contributed by atoms with Crippen molar-refractivity contribution in [3.05, 3.63) is 204 Å². The Morgan fingerprint density at radius 2 is 0.979 bits per heavy atom. The Hall–Kier alpha value is -5.76. The van der Waals surface area contributed by atoms with E-state index in [-0.39, 0.29) is 0 Å². The molecule has 10 rings (SSSR count). The number of thiophene rings is 1. The van der Waals surface area contributed by atoms with Crippen molar-refractivity contribution in [2.45, 2.75) is 5.41 Å². The highest BCUT2D eigenvalue weighted by Gasteiger charge is 2.48. The van der Waals surface area contributed by atoms with Crippen molar-refractivity contribution in [2.75, 3.05) is 0 Å². The van der Waals surface area contributed by atoms with Crippen molar-refractivity contribution in [1.29, 1.82) is 0 Å². The highest BCUT2D eigenvalue weighted by molar-refractivity contribution is 7.25. The van der Waals surface area contributed by atoms with Crippen LogP contribution in [0.4, 0.5) is 0 Å². The summed E-state index contributed by atoms with van der Waals surface area (Å²) in [6.07, 6.45) is 0. The number of hydrogen-bond donors (Lipinski definition) is 0. The molecule has 0 saturated carbocycles. The summed E-state index contributed by atoms with van der Waals surface area (Å²) in [4.78, 5) is 0. The van der Waals surface area contributed by atoms with Gasteiger partial charge in [0.25, 0.3) is 0 Å². The molecule has 0 aliphatic heterocycles. The van der Waals surface area contributed by atoms with Gasteiger partial charge in [-0.05, 0) is 90.7 Å². The lowest BCUT2D eigenvalue weighted by Gasteiger charge is -2.35. The van der Waals surface area contributed by atoms with Crippen LogP contribution in [0.5, 0.6) is 0 Å². The van der Waals surface area contributed by atoms with E-state index in [2.05, 4.69) is 182 Å². The molecule has 224 valence electrons. The molecule has 0 spiro atoms. The summed E-state index contributed by atoms with van der Waals surface area (Å²) in [6, 6.07) is 67.6. The van der Waals surface area contributed by atoms with E-state index in [1.807, 2.05) is 11.3 Å². The summed E-state index contributed by atoms with van der Waals surface area (Å²) in [5.41, 5.74) is 12.4. The zero-order chi connectivity index (χ0) is 31.7. The van der Waals surface area contributed by atoms with Crippen molar-refractivity contribution in [1.82, 2.24) is 0 Å². The third-order valence-electron chi connectivity index (χ3n) is 10.3. The van der Waals surface area contributed by atoms with Crippen LogP contribution in [0.1, 0.15) is 22.3 Å². The average molecular weight is 627 g/mol. The first kappa shape index (κ1) is 27.4. The normalized spacial score (nSPS) is 13.2. The predicted molar refractivity (Wildman–Crippen MR) is 205 cm³/mol. The van der Waals surface area contributed by atoms with Gasteiger partial charge in [-0.1, -0.05) is 158 Å². The zero-order valence-electron chi connectivity index (χ0n) is 26.2. The van der Waals surface area contributed by atoms with E-state index in [1.165, 1.54) is 86.6 Å². The first-order valence-electron chi connectivity index (χ1n) is 16.6. The Labute approximate surface area is 284 Å². The van der Waals surface area contributed by atoms with Gasteiger partial charge in [0.05, 0.1) is 5.41 Å². The lowest BCUT2D eigenvalue weighted by molar-refractivity contribution is 0.776. The van der Waals surface area contributed by atoms with Crippen LogP contribution in [0, 0.1) is 0 Å². The van der Waals surface area contributed by atoms with Crippen LogP contribution in [0.2, 0.25) is 0 Å². The van der Waals surface area contributed by atoms with Gasteiger partial charge in [0.2, 0.25) is 0 Å². The zero-order valence-corrected chi connectivity index (χ0v) is 27.0. The second-order valence-electron chi connectivity index (χ2n) is 12.8. The van der Waals surface area contributed by atoms with Gasteiger partial charge < -0.3 is 0 Å². The van der Waals surface area contributed by atoms with Crippen LogP contribution >= 0.6 is 11.3 Å². The molecule has 1 heterocycles. The van der Waals surface area contributed by atoms with Crippen LogP contribution in [0.3, 0.4) is 0 Å². The van der Waals surface area contributed by atoms with Crippen molar-refractivity contribution >= 4 is 42.3 Å². The van der Waals surface area contributed by atoms with E-state index in [4.69, 9.17) is 0 Å². The monoisotopic (exact) mass is 626 g/mol. The Balaban J connectivity index is 1.38. The molecule has 1 aromatic heterocycles. The Morgan fingerprint density at radius 3 is 1.73 bits per heavy atom. The summed E-state index contributed by atoms with van der Waals surface area (Å²) >= 11 is 1.89. The lowest BCUT2D eigenvalue weighted by atomic mass is 9.66. The highest BCUT2D eigenvalue weighted by atomic mass is 32.1. The van der Waals surface area contributed by atoms with Gasteiger partial charge in [0, 0.05) is 20.2 Å². The van der Waals surface area contributed by atoms with Crippen LogP contribution < -0.4 is 0 Å². The molecular formula is C47H30S. The fraction of sp³-hybridized carbons (Fsp3) is 0.0213. The predicted octanol–water partition coefficient (Wildman–Crippen LogP) is 12.9. The average Bonchev–Trinajstić information content (AvgIpc) is 3.69. The quantitative estimate of drug-likeness (QED) is 0.182. The fourth-order valence-electron chi connectivity index (χ4n) is 8.30. The molecule has 0 unspecified atom stereocenters. The first-order chi connectivity index (χ1) is 23.8. The molecule has 9 aromatic rings. The number of rotatable bonds is 4. The smallest absolute Gasteiger partial charge is 0.0720 e. The molecule has 1 aliphatic rings. The standard InChI is InChI=1S/C47H30S/c1-4-14-31(15-5-1)32-24-27-40-42(29-32)47(35-17-6-2-7-18-35,36-19-8-3-9-20-36)46-37-21-11-10-16-33(37)28-41(45(40)46)34-25-26-39-38-22-12-13-23-43(38)48-44(39)30-34/h1-30H. The third kappa shape index (κ3) is 3.89. The first-order valence-corrected chi connectivity index (χ1v) is 17.4. The van der Waals surface area contributed by atoms with Gasteiger partial charge in [-0.15, -0.1) is 11.3 Å². The fourth-order valence-corrected chi connectivity index (χ4v) is 9.44. The Kier molecular flexibility index (Phi) is 6.06. The van der Waals surface area contributed by atoms with Crippen LogP contribution in [0.15, 0.2) is 182 Å². The lowest BCUT2D eigenvalue weighted by Crippen LogP contribution is -2.29. The SMILES string of the molecule is c1ccc(-c2ccc3c(c2)C(c2ccccc2)(c2ccccc2)c2c-3c(-c3ccc4c(c3)sc3ccccc34)cc3ccccc23)cc1. The van der Waals surface area contributed by atoms with Crippen LogP contribution in [-0.2, 0) is 5.41 Å². The molecule has 0 saturated heterocycles. The minimum atomic E-state index is -0.519. The highest BCUT2D eigenvalue weighted by Crippen LogP contribution is 2.61. The number of hydrogen-bond acceptors (Lipinski definition) is 1. The molecular weight excluding hydrogens is 597 g/mol. The van der Waals surface area contributed by atoms with E-state index < -0.39 is 5.41 Å².